The van der Waals surface area contributed by atoms with Gasteiger partial charge >= 0.3 is 0 Å². The van der Waals surface area contributed by atoms with Gasteiger partial charge in [-0.15, -0.1) is 0 Å². The number of hydrogen-bond donors (Lipinski definition) is 2. The van der Waals surface area contributed by atoms with E-state index < -0.39 is 0 Å². The molecule has 0 saturated carbocycles. The highest BCUT2D eigenvalue weighted by atomic mass is 32.1. The summed E-state index contributed by atoms with van der Waals surface area (Å²) in [5.74, 6) is 0.171. The summed E-state index contributed by atoms with van der Waals surface area (Å²) in [6.07, 6.45) is 2.52. The summed E-state index contributed by atoms with van der Waals surface area (Å²) in [4.78, 5) is 12.0. The zero-order chi connectivity index (χ0) is 11.1. The fourth-order valence-electron chi connectivity index (χ4n) is 1.30. The highest BCUT2D eigenvalue weighted by Gasteiger charge is 2.14. The quantitative estimate of drug-likeness (QED) is 0.663. The number of rotatable bonds is 6. The first-order chi connectivity index (χ1) is 6.47. The van der Waals surface area contributed by atoms with Crippen LogP contribution >= 0.6 is 12.2 Å². The van der Waals surface area contributed by atoms with Crippen LogP contribution in [0.2, 0.25) is 0 Å². The molecule has 0 heterocycles. The maximum absolute atomic E-state index is 11.5. The van der Waals surface area contributed by atoms with E-state index in [1.165, 1.54) is 0 Å². The van der Waals surface area contributed by atoms with Crippen molar-refractivity contribution in [1.29, 1.82) is 0 Å². The molecule has 2 unspecified atom stereocenters. The van der Waals surface area contributed by atoms with Gasteiger partial charge in [0, 0.05) is 18.4 Å². The molecular formula is C10H20N2OS. The van der Waals surface area contributed by atoms with Crippen LogP contribution in [0.15, 0.2) is 0 Å². The molecule has 3 N–H and O–H groups in total. The second kappa shape index (κ2) is 6.76. The van der Waals surface area contributed by atoms with Crippen LogP contribution in [-0.4, -0.2) is 16.9 Å². The Balaban J connectivity index is 3.86. The average molecular weight is 216 g/mol. The van der Waals surface area contributed by atoms with Crippen molar-refractivity contribution in [3.63, 3.8) is 0 Å². The van der Waals surface area contributed by atoms with Crippen molar-refractivity contribution < 1.29 is 4.79 Å². The van der Waals surface area contributed by atoms with E-state index in [4.69, 9.17) is 18.0 Å². The lowest BCUT2D eigenvalue weighted by atomic mass is 10.0. The monoisotopic (exact) mass is 216 g/mol. The van der Waals surface area contributed by atoms with E-state index in [1.54, 1.807) is 0 Å². The highest BCUT2D eigenvalue weighted by molar-refractivity contribution is 7.80. The van der Waals surface area contributed by atoms with Gasteiger partial charge in [-0.1, -0.05) is 32.5 Å². The molecule has 0 aromatic carbocycles. The first-order valence-corrected chi connectivity index (χ1v) is 5.46. The van der Waals surface area contributed by atoms with Gasteiger partial charge in [0.2, 0.25) is 5.91 Å². The number of amides is 1. The lowest BCUT2D eigenvalue weighted by Gasteiger charge is -2.16. The number of nitrogens with two attached hydrogens (primary N) is 1. The molecule has 3 nitrogen and oxygen atoms in total. The summed E-state index contributed by atoms with van der Waals surface area (Å²) in [5.41, 5.74) is 5.38. The summed E-state index contributed by atoms with van der Waals surface area (Å²) in [5, 5.41) is 2.89. The third kappa shape index (κ3) is 5.91. The minimum Gasteiger partial charge on any atom is -0.393 e. The molecule has 0 bridgehead atoms. The van der Waals surface area contributed by atoms with Crippen molar-refractivity contribution in [3.8, 4) is 0 Å². The minimum absolute atomic E-state index is 0.0410. The van der Waals surface area contributed by atoms with Crippen LogP contribution < -0.4 is 11.1 Å². The van der Waals surface area contributed by atoms with Gasteiger partial charge in [-0.05, 0) is 13.3 Å². The SMILES string of the molecule is CCCC(C)C(=O)NC(C)CC(N)=S. The molecule has 0 rings (SSSR count). The van der Waals surface area contributed by atoms with E-state index in [0.29, 0.717) is 11.4 Å². The molecule has 4 heteroatoms. The zero-order valence-corrected chi connectivity index (χ0v) is 9.99. The molecule has 0 spiro atoms. The Labute approximate surface area is 91.4 Å². The van der Waals surface area contributed by atoms with Gasteiger partial charge in [0.15, 0.2) is 0 Å². The Bertz CT molecular complexity index is 206. The summed E-state index contributed by atoms with van der Waals surface area (Å²) < 4.78 is 0. The largest absolute Gasteiger partial charge is 0.393 e. The number of hydrogen-bond acceptors (Lipinski definition) is 2. The predicted octanol–water partition coefficient (Wildman–Crippen LogP) is 1.60. The highest BCUT2D eigenvalue weighted by Crippen LogP contribution is 2.05. The normalized spacial score (nSPS) is 14.5. The van der Waals surface area contributed by atoms with Crippen LogP contribution in [0.1, 0.15) is 40.0 Å². The van der Waals surface area contributed by atoms with Gasteiger partial charge in [0.25, 0.3) is 0 Å². The van der Waals surface area contributed by atoms with Crippen molar-refractivity contribution in [3.05, 3.63) is 0 Å². The Morgan fingerprint density at radius 2 is 2.07 bits per heavy atom. The van der Waals surface area contributed by atoms with Crippen LogP contribution in [0.4, 0.5) is 0 Å². The van der Waals surface area contributed by atoms with E-state index >= 15 is 0 Å². The van der Waals surface area contributed by atoms with Crippen LogP contribution in [-0.2, 0) is 4.79 Å². The van der Waals surface area contributed by atoms with Gasteiger partial charge < -0.3 is 11.1 Å². The van der Waals surface area contributed by atoms with Crippen molar-refractivity contribution in [2.75, 3.05) is 0 Å². The second-order valence-electron chi connectivity index (χ2n) is 3.77. The van der Waals surface area contributed by atoms with Crippen LogP contribution in [0.25, 0.3) is 0 Å². The Morgan fingerprint density at radius 3 is 2.50 bits per heavy atom. The van der Waals surface area contributed by atoms with Gasteiger partial charge in [0.1, 0.15) is 0 Å². The number of nitrogens with one attached hydrogen (secondary N) is 1. The van der Waals surface area contributed by atoms with Crippen molar-refractivity contribution in [2.24, 2.45) is 11.7 Å². The smallest absolute Gasteiger partial charge is 0.223 e. The molecule has 1 amide bonds. The number of thiocarbonyl (C=S) groups is 1. The van der Waals surface area contributed by atoms with E-state index in [1.807, 2.05) is 13.8 Å². The third-order valence-corrected chi connectivity index (χ3v) is 2.23. The van der Waals surface area contributed by atoms with Crippen LogP contribution in [0, 0.1) is 5.92 Å². The summed E-state index contributed by atoms with van der Waals surface area (Å²) in [6, 6.07) is 0.0410. The molecule has 2 atom stereocenters. The molecule has 0 aliphatic carbocycles. The van der Waals surface area contributed by atoms with Crippen molar-refractivity contribution in [1.82, 2.24) is 5.32 Å². The number of carbonyl (C=O) groups is 1. The van der Waals surface area contributed by atoms with Gasteiger partial charge in [-0.25, -0.2) is 0 Å². The van der Waals surface area contributed by atoms with Crippen LogP contribution in [0.3, 0.4) is 0 Å². The molecule has 14 heavy (non-hydrogen) atoms. The molecule has 82 valence electrons. The van der Waals surface area contributed by atoms with E-state index in [9.17, 15) is 4.79 Å². The minimum atomic E-state index is 0.0410. The zero-order valence-electron chi connectivity index (χ0n) is 9.17. The molecule has 0 saturated heterocycles. The van der Waals surface area contributed by atoms with Crippen molar-refractivity contribution >= 4 is 23.1 Å². The molecular weight excluding hydrogens is 196 g/mol. The fourth-order valence-corrected chi connectivity index (χ4v) is 1.55. The predicted molar refractivity (Wildman–Crippen MR) is 63.1 cm³/mol. The second-order valence-corrected chi connectivity index (χ2v) is 4.29. The fraction of sp³-hybridized carbons (Fsp3) is 0.800. The lowest BCUT2D eigenvalue weighted by Crippen LogP contribution is -2.38. The first kappa shape index (κ1) is 13.4. The van der Waals surface area contributed by atoms with Gasteiger partial charge in [0.05, 0.1) is 4.99 Å². The van der Waals surface area contributed by atoms with Gasteiger partial charge in [-0.2, -0.15) is 0 Å². The summed E-state index contributed by atoms with van der Waals surface area (Å²) in [6.45, 7) is 5.92. The van der Waals surface area contributed by atoms with Crippen molar-refractivity contribution in [2.45, 2.75) is 46.1 Å². The number of carbonyl (C=O) groups excluding carboxylic acids is 1. The summed E-state index contributed by atoms with van der Waals surface area (Å²) >= 11 is 4.77. The van der Waals surface area contributed by atoms with E-state index in [0.717, 1.165) is 12.8 Å². The van der Waals surface area contributed by atoms with E-state index in [2.05, 4.69) is 12.2 Å². The summed E-state index contributed by atoms with van der Waals surface area (Å²) in [7, 11) is 0. The molecule has 0 aromatic heterocycles. The van der Waals surface area contributed by atoms with Crippen LogP contribution in [0.5, 0.6) is 0 Å². The van der Waals surface area contributed by atoms with Gasteiger partial charge in [-0.3, -0.25) is 4.79 Å². The standard InChI is InChI=1S/C10H20N2OS/c1-4-5-7(2)10(13)12-8(3)6-9(11)14/h7-8H,4-6H2,1-3H3,(H2,11,14)(H,12,13). The third-order valence-electron chi connectivity index (χ3n) is 2.07. The molecule has 0 aromatic rings. The average Bonchev–Trinajstić information content (AvgIpc) is 2.02. The molecule has 0 fully saturated rings. The maximum Gasteiger partial charge on any atom is 0.223 e. The lowest BCUT2D eigenvalue weighted by molar-refractivity contribution is -0.125. The Hall–Kier alpha value is -0.640. The molecule has 0 radical (unpaired) electrons. The maximum atomic E-state index is 11.5. The first-order valence-electron chi connectivity index (χ1n) is 5.06. The topological polar surface area (TPSA) is 55.1 Å². The van der Waals surface area contributed by atoms with E-state index in [-0.39, 0.29) is 17.9 Å². The Morgan fingerprint density at radius 1 is 1.50 bits per heavy atom. The molecule has 0 aliphatic rings. The Kier molecular flexibility index (Phi) is 6.45. The molecule has 0 aliphatic heterocycles.